The third kappa shape index (κ3) is 4.33. The lowest BCUT2D eigenvalue weighted by atomic mass is 10.0. The predicted octanol–water partition coefficient (Wildman–Crippen LogP) is 2.80. The van der Waals surface area contributed by atoms with Crippen LogP contribution in [0.4, 0.5) is 5.69 Å². The molecule has 0 aromatic heterocycles. The topological polar surface area (TPSA) is 69.1 Å². The lowest BCUT2D eigenvalue weighted by Crippen LogP contribution is -3.15. The van der Waals surface area contributed by atoms with Gasteiger partial charge in [0, 0.05) is 36.1 Å². The number of hydrogen-bond donors (Lipinski definition) is 2. The zero-order valence-corrected chi connectivity index (χ0v) is 17.6. The Bertz CT molecular complexity index is 925. The van der Waals surface area contributed by atoms with Crippen molar-refractivity contribution >= 4 is 17.4 Å². The van der Waals surface area contributed by atoms with Crippen LogP contribution < -0.4 is 19.7 Å². The van der Waals surface area contributed by atoms with Crippen LogP contribution in [-0.2, 0) is 4.79 Å². The quantitative estimate of drug-likeness (QED) is 0.745. The van der Waals surface area contributed by atoms with E-state index in [0.29, 0.717) is 24.5 Å². The van der Waals surface area contributed by atoms with Crippen LogP contribution in [0.1, 0.15) is 55.1 Å². The second-order valence-electron chi connectivity index (χ2n) is 8.12. The highest BCUT2D eigenvalue weighted by Crippen LogP contribution is 2.33. The highest BCUT2D eigenvalue weighted by molar-refractivity contribution is 5.96. The molecule has 0 aliphatic carbocycles. The predicted molar refractivity (Wildman–Crippen MR) is 114 cm³/mol. The van der Waals surface area contributed by atoms with Gasteiger partial charge in [0.15, 0.2) is 23.3 Å². The number of ketones is 1. The van der Waals surface area contributed by atoms with Crippen molar-refractivity contribution in [1.29, 1.82) is 0 Å². The molecular weight excluding hydrogens is 380 g/mol. The lowest BCUT2D eigenvalue weighted by Gasteiger charge is -2.27. The van der Waals surface area contributed by atoms with Crippen LogP contribution in [0.15, 0.2) is 42.5 Å². The normalized spacial score (nSPS) is 21.5. The number of ether oxygens (including phenoxy) is 2. The van der Waals surface area contributed by atoms with Crippen LogP contribution in [0.3, 0.4) is 0 Å². The SMILES string of the molecule is CC(=O)c1ccc(NC(=O)[C@@H](C)[NH+]2CCC[C@@H]2c2ccc3c(c2)OCCCO3)cc1. The number of nitrogens with one attached hydrogen (secondary N) is 2. The van der Waals surface area contributed by atoms with Gasteiger partial charge < -0.3 is 19.7 Å². The van der Waals surface area contributed by atoms with E-state index in [0.717, 1.165) is 37.3 Å². The molecule has 2 N–H and O–H groups in total. The van der Waals surface area contributed by atoms with Gasteiger partial charge in [0.25, 0.3) is 5.91 Å². The molecule has 1 unspecified atom stereocenters. The van der Waals surface area contributed by atoms with Gasteiger partial charge >= 0.3 is 0 Å². The standard InChI is InChI=1S/C24H28N2O4/c1-16(24(28)25-20-9-6-18(7-10-20)17(2)27)26-12-3-5-21(26)19-8-11-22-23(15-19)30-14-4-13-29-22/h6-11,15-16,21H,3-5,12-14H2,1-2H3,(H,25,28)/p+1/t16-,21-/m1/s1. The van der Waals surface area contributed by atoms with Crippen molar-refractivity contribution in [3.63, 3.8) is 0 Å². The van der Waals surface area contributed by atoms with Crippen LogP contribution in [0.2, 0.25) is 0 Å². The summed E-state index contributed by atoms with van der Waals surface area (Å²) in [5.41, 5.74) is 2.54. The number of benzene rings is 2. The highest BCUT2D eigenvalue weighted by Gasteiger charge is 2.37. The zero-order chi connectivity index (χ0) is 21.1. The number of hydrogen-bond acceptors (Lipinski definition) is 4. The molecule has 1 amide bonds. The largest absolute Gasteiger partial charge is 0.490 e. The first-order chi connectivity index (χ1) is 14.5. The average Bonchev–Trinajstić information content (AvgIpc) is 3.12. The number of quaternary nitrogens is 1. The third-order valence-corrected chi connectivity index (χ3v) is 6.09. The molecule has 158 valence electrons. The number of carbonyl (C=O) groups is 2. The molecule has 4 rings (SSSR count). The van der Waals surface area contributed by atoms with E-state index in [9.17, 15) is 9.59 Å². The Kier molecular flexibility index (Phi) is 6.04. The molecule has 2 aromatic carbocycles. The zero-order valence-electron chi connectivity index (χ0n) is 17.6. The summed E-state index contributed by atoms with van der Waals surface area (Å²) in [7, 11) is 0. The average molecular weight is 410 g/mol. The molecule has 1 saturated heterocycles. The summed E-state index contributed by atoms with van der Waals surface area (Å²) in [6.07, 6.45) is 3.01. The van der Waals surface area contributed by atoms with Gasteiger partial charge in [-0.2, -0.15) is 0 Å². The van der Waals surface area contributed by atoms with Crippen LogP contribution in [0.5, 0.6) is 11.5 Å². The molecule has 6 nitrogen and oxygen atoms in total. The maximum atomic E-state index is 12.9. The molecule has 0 spiro atoms. The minimum Gasteiger partial charge on any atom is -0.490 e. The molecule has 0 saturated carbocycles. The van der Waals surface area contributed by atoms with Gasteiger partial charge in [-0.15, -0.1) is 0 Å². The summed E-state index contributed by atoms with van der Waals surface area (Å²) in [6, 6.07) is 13.3. The van der Waals surface area contributed by atoms with Gasteiger partial charge in [-0.3, -0.25) is 9.59 Å². The Morgan fingerprint density at radius 3 is 2.50 bits per heavy atom. The Labute approximate surface area is 177 Å². The van der Waals surface area contributed by atoms with E-state index in [1.54, 1.807) is 24.3 Å². The molecule has 2 heterocycles. The second-order valence-corrected chi connectivity index (χ2v) is 8.12. The minimum atomic E-state index is -0.194. The summed E-state index contributed by atoms with van der Waals surface area (Å²) in [5.74, 6) is 1.61. The fourth-order valence-electron chi connectivity index (χ4n) is 4.37. The summed E-state index contributed by atoms with van der Waals surface area (Å²) < 4.78 is 11.6. The minimum absolute atomic E-state index is 0.0122. The molecule has 3 atom stereocenters. The number of likely N-dealkylation sites (tertiary alicyclic amines) is 1. The van der Waals surface area contributed by atoms with E-state index in [2.05, 4.69) is 17.4 Å². The van der Waals surface area contributed by atoms with Gasteiger partial charge in [-0.05, 0) is 56.3 Å². The van der Waals surface area contributed by atoms with Crippen LogP contribution in [0, 0.1) is 0 Å². The van der Waals surface area contributed by atoms with Crippen molar-refractivity contribution < 1.29 is 24.0 Å². The second kappa shape index (κ2) is 8.88. The number of anilines is 1. The first-order valence-electron chi connectivity index (χ1n) is 10.7. The molecule has 0 bridgehead atoms. The van der Waals surface area contributed by atoms with Crippen molar-refractivity contribution in [1.82, 2.24) is 0 Å². The monoisotopic (exact) mass is 409 g/mol. The molecule has 30 heavy (non-hydrogen) atoms. The van der Waals surface area contributed by atoms with E-state index in [1.165, 1.54) is 17.4 Å². The van der Waals surface area contributed by atoms with Crippen LogP contribution >= 0.6 is 0 Å². The van der Waals surface area contributed by atoms with E-state index in [4.69, 9.17) is 9.47 Å². The molecule has 0 radical (unpaired) electrons. The van der Waals surface area contributed by atoms with Gasteiger partial charge in [0.2, 0.25) is 0 Å². The molecule has 2 aliphatic rings. The smallest absolute Gasteiger partial charge is 0.282 e. The summed E-state index contributed by atoms with van der Waals surface area (Å²) >= 11 is 0. The number of rotatable bonds is 5. The Morgan fingerprint density at radius 2 is 1.77 bits per heavy atom. The van der Waals surface area contributed by atoms with Crippen molar-refractivity contribution in [2.75, 3.05) is 25.1 Å². The van der Waals surface area contributed by atoms with Crippen molar-refractivity contribution in [2.45, 2.75) is 45.2 Å². The number of Topliss-reactive ketones (excluding diaryl/α,β-unsaturated/α-hetero) is 1. The van der Waals surface area contributed by atoms with Gasteiger partial charge in [0.1, 0.15) is 6.04 Å². The Hall–Kier alpha value is -2.86. The number of fused-ring (bicyclic) bond motifs is 1. The maximum absolute atomic E-state index is 12.9. The Balaban J connectivity index is 1.46. The molecule has 2 aliphatic heterocycles. The van der Waals surface area contributed by atoms with E-state index >= 15 is 0 Å². The summed E-state index contributed by atoms with van der Waals surface area (Å²) in [4.78, 5) is 25.6. The van der Waals surface area contributed by atoms with Gasteiger partial charge in [0.05, 0.1) is 19.8 Å². The van der Waals surface area contributed by atoms with Gasteiger partial charge in [-0.1, -0.05) is 0 Å². The fraction of sp³-hybridized carbons (Fsp3) is 0.417. The van der Waals surface area contributed by atoms with E-state index in [1.807, 2.05) is 13.0 Å². The molecule has 1 fully saturated rings. The first-order valence-corrected chi connectivity index (χ1v) is 10.7. The van der Waals surface area contributed by atoms with Crippen molar-refractivity contribution in [2.24, 2.45) is 0 Å². The third-order valence-electron chi connectivity index (χ3n) is 6.09. The van der Waals surface area contributed by atoms with E-state index < -0.39 is 0 Å². The summed E-state index contributed by atoms with van der Waals surface area (Å²) in [6.45, 7) is 5.82. The first kappa shape index (κ1) is 20.4. The summed E-state index contributed by atoms with van der Waals surface area (Å²) in [5, 5.41) is 3.00. The van der Waals surface area contributed by atoms with Gasteiger partial charge in [-0.25, -0.2) is 0 Å². The Morgan fingerprint density at radius 1 is 1.03 bits per heavy atom. The fourth-order valence-corrected chi connectivity index (χ4v) is 4.37. The highest BCUT2D eigenvalue weighted by atomic mass is 16.5. The molecule has 2 aromatic rings. The number of amides is 1. The molecular formula is C24H29N2O4+. The number of carbonyl (C=O) groups excluding carboxylic acids is 2. The maximum Gasteiger partial charge on any atom is 0.282 e. The van der Waals surface area contributed by atoms with Crippen molar-refractivity contribution in [3.05, 3.63) is 53.6 Å². The van der Waals surface area contributed by atoms with Crippen molar-refractivity contribution in [3.8, 4) is 11.5 Å². The molecule has 6 heteroatoms. The van der Waals surface area contributed by atoms with Crippen LogP contribution in [-0.4, -0.2) is 37.5 Å². The van der Waals surface area contributed by atoms with Crippen LogP contribution in [0.25, 0.3) is 0 Å². The van der Waals surface area contributed by atoms with E-state index in [-0.39, 0.29) is 23.8 Å². The lowest BCUT2D eigenvalue weighted by molar-refractivity contribution is -0.932.